The number of carbonyl (C=O) groups is 2. The van der Waals surface area contributed by atoms with E-state index in [1.807, 2.05) is 42.2 Å². The van der Waals surface area contributed by atoms with Crippen LogP contribution in [0.25, 0.3) is 11.5 Å². The van der Waals surface area contributed by atoms with E-state index in [2.05, 4.69) is 15.2 Å². The summed E-state index contributed by atoms with van der Waals surface area (Å²) in [6.07, 6.45) is 3.71. The Labute approximate surface area is 191 Å². The van der Waals surface area contributed by atoms with Crippen molar-refractivity contribution in [2.75, 3.05) is 11.6 Å². The van der Waals surface area contributed by atoms with Crippen molar-refractivity contribution in [3.63, 3.8) is 0 Å². The highest BCUT2D eigenvalue weighted by molar-refractivity contribution is 6.12. The minimum absolute atomic E-state index is 0.00886. The van der Waals surface area contributed by atoms with Gasteiger partial charge in [0.25, 0.3) is 17.7 Å². The number of hydrazone groups is 1. The molecule has 0 N–H and O–H groups in total. The maximum absolute atomic E-state index is 13.2. The predicted octanol–water partition coefficient (Wildman–Crippen LogP) is 4.09. The summed E-state index contributed by atoms with van der Waals surface area (Å²) in [5, 5.41) is 9.77. The summed E-state index contributed by atoms with van der Waals surface area (Å²) in [6.45, 7) is 2.57. The molecule has 2 aliphatic heterocycles. The first-order valence-corrected chi connectivity index (χ1v) is 11.2. The Balaban J connectivity index is 1.22. The predicted molar refractivity (Wildman–Crippen MR) is 124 cm³/mol. The van der Waals surface area contributed by atoms with Crippen LogP contribution in [-0.4, -0.2) is 45.2 Å². The van der Waals surface area contributed by atoms with Crippen molar-refractivity contribution < 1.29 is 14.1 Å². The molecule has 2 aromatic carbocycles. The van der Waals surface area contributed by atoms with Gasteiger partial charge in [-0.1, -0.05) is 23.4 Å². The Morgan fingerprint density at radius 1 is 1.12 bits per heavy atom. The lowest BCUT2D eigenvalue weighted by molar-refractivity contribution is -0.116. The van der Waals surface area contributed by atoms with Crippen molar-refractivity contribution in [3.8, 4) is 11.5 Å². The van der Waals surface area contributed by atoms with E-state index in [1.165, 1.54) is 5.01 Å². The van der Waals surface area contributed by atoms with Crippen LogP contribution < -0.4 is 5.01 Å². The van der Waals surface area contributed by atoms with Gasteiger partial charge in [0.2, 0.25) is 0 Å². The number of rotatable bonds is 6. The van der Waals surface area contributed by atoms with Crippen LogP contribution >= 0.6 is 0 Å². The average molecular weight is 444 g/mol. The van der Waals surface area contributed by atoms with Gasteiger partial charge in [-0.25, -0.2) is 5.01 Å². The molecule has 1 unspecified atom stereocenters. The molecule has 2 aliphatic rings. The minimum atomic E-state index is -0.0527. The molecule has 0 aliphatic carbocycles. The molecule has 0 spiro atoms. The second-order valence-corrected chi connectivity index (χ2v) is 8.48. The van der Waals surface area contributed by atoms with Crippen LogP contribution in [0.4, 0.5) is 5.69 Å². The second-order valence-electron chi connectivity index (χ2n) is 8.48. The molecule has 0 bridgehead atoms. The molecule has 1 saturated heterocycles. The van der Waals surface area contributed by atoms with Crippen LogP contribution in [-0.2, 0) is 11.2 Å². The van der Waals surface area contributed by atoms with Crippen LogP contribution in [0.3, 0.4) is 0 Å². The number of hydrogen-bond acceptors (Lipinski definition) is 6. The number of aryl methyl sites for hydroxylation is 1. The molecule has 1 fully saturated rings. The van der Waals surface area contributed by atoms with Gasteiger partial charge < -0.3 is 9.42 Å². The molecule has 0 radical (unpaired) electrons. The smallest absolute Gasteiger partial charge is 0.257 e. The Kier molecular flexibility index (Phi) is 5.73. The third-order valence-corrected chi connectivity index (χ3v) is 6.10. The highest BCUT2D eigenvalue weighted by atomic mass is 16.5. The summed E-state index contributed by atoms with van der Waals surface area (Å²) in [5.74, 6) is 1.13. The fourth-order valence-electron chi connectivity index (χ4n) is 4.42. The number of amides is 2. The molecule has 2 amide bonds. The van der Waals surface area contributed by atoms with E-state index in [1.54, 1.807) is 24.3 Å². The molecule has 8 heteroatoms. The van der Waals surface area contributed by atoms with Gasteiger partial charge in [-0.2, -0.15) is 10.1 Å². The molecule has 5 rings (SSSR count). The van der Waals surface area contributed by atoms with Crippen LogP contribution in [0.2, 0.25) is 0 Å². The normalized spacial score (nSPS) is 18.2. The quantitative estimate of drug-likeness (QED) is 0.572. The van der Waals surface area contributed by atoms with Gasteiger partial charge in [0.15, 0.2) is 5.82 Å². The molecule has 1 aromatic heterocycles. The monoisotopic (exact) mass is 443 g/mol. The molecule has 168 valence electrons. The number of carbonyl (C=O) groups excluding carboxylic acids is 2. The summed E-state index contributed by atoms with van der Waals surface area (Å²) in [4.78, 5) is 31.7. The Hall–Kier alpha value is -3.81. The van der Waals surface area contributed by atoms with E-state index in [0.29, 0.717) is 35.8 Å². The lowest BCUT2D eigenvalue weighted by atomic mass is 10.1. The largest absolute Gasteiger partial charge is 0.336 e. The summed E-state index contributed by atoms with van der Waals surface area (Å²) < 4.78 is 5.40. The number of aromatic nitrogens is 2. The summed E-state index contributed by atoms with van der Waals surface area (Å²) in [7, 11) is 0. The van der Waals surface area contributed by atoms with Gasteiger partial charge in [0.1, 0.15) is 0 Å². The molecule has 3 aromatic rings. The first-order valence-electron chi connectivity index (χ1n) is 11.2. The van der Waals surface area contributed by atoms with Gasteiger partial charge >= 0.3 is 0 Å². The standard InChI is InChI=1S/C25H25N5O3/c1-17-16-23(31)30(27-17)21-11-9-19(10-12-21)25(32)29-15-5-8-20(29)13-14-22-26-24(33-28-22)18-6-3-2-4-7-18/h2-4,6-7,9-12,20H,5,8,13-16H2,1H3. The molecular formula is C25H25N5O3. The molecule has 8 nitrogen and oxygen atoms in total. The van der Waals surface area contributed by atoms with E-state index < -0.39 is 0 Å². The zero-order chi connectivity index (χ0) is 22.8. The van der Waals surface area contributed by atoms with Gasteiger partial charge in [-0.3, -0.25) is 9.59 Å². The highest BCUT2D eigenvalue weighted by Crippen LogP contribution is 2.26. The van der Waals surface area contributed by atoms with Gasteiger partial charge in [-0.05, 0) is 62.6 Å². The van der Waals surface area contributed by atoms with E-state index in [9.17, 15) is 9.59 Å². The molecule has 33 heavy (non-hydrogen) atoms. The molecule has 1 atom stereocenters. The number of hydrogen-bond donors (Lipinski definition) is 0. The van der Waals surface area contributed by atoms with Crippen LogP contribution in [0.15, 0.2) is 64.2 Å². The summed E-state index contributed by atoms with van der Waals surface area (Å²) >= 11 is 0. The lowest BCUT2D eigenvalue weighted by Gasteiger charge is -2.24. The Bertz CT molecular complexity index is 1190. The molecule has 0 saturated carbocycles. The minimum Gasteiger partial charge on any atom is -0.336 e. The highest BCUT2D eigenvalue weighted by Gasteiger charge is 2.30. The molecule has 3 heterocycles. The SMILES string of the molecule is CC1=NN(c2ccc(C(=O)N3CCCC3CCc3noc(-c4ccccc4)n3)cc2)C(=O)C1. The van der Waals surface area contributed by atoms with E-state index in [0.717, 1.165) is 37.1 Å². The summed E-state index contributed by atoms with van der Waals surface area (Å²) in [6, 6.07) is 16.9. The maximum atomic E-state index is 13.2. The maximum Gasteiger partial charge on any atom is 0.257 e. The number of anilines is 1. The number of nitrogens with zero attached hydrogens (tertiary/aromatic N) is 5. The first kappa shape index (κ1) is 21.1. The van der Waals surface area contributed by atoms with E-state index in [-0.39, 0.29) is 17.9 Å². The number of likely N-dealkylation sites (tertiary alicyclic amines) is 1. The van der Waals surface area contributed by atoms with Gasteiger partial charge in [0.05, 0.1) is 12.1 Å². The van der Waals surface area contributed by atoms with Gasteiger partial charge in [0, 0.05) is 35.8 Å². The fraction of sp³-hybridized carbons (Fsp3) is 0.320. The average Bonchev–Trinajstić information content (AvgIpc) is 3.58. The van der Waals surface area contributed by atoms with E-state index in [4.69, 9.17) is 4.52 Å². The lowest BCUT2D eigenvalue weighted by Crippen LogP contribution is -2.35. The summed E-state index contributed by atoms with van der Waals surface area (Å²) in [5.41, 5.74) is 2.98. The third-order valence-electron chi connectivity index (χ3n) is 6.10. The van der Waals surface area contributed by atoms with Crippen LogP contribution in [0, 0.1) is 0 Å². The van der Waals surface area contributed by atoms with Crippen molar-refractivity contribution in [1.29, 1.82) is 0 Å². The zero-order valence-corrected chi connectivity index (χ0v) is 18.5. The van der Waals surface area contributed by atoms with E-state index >= 15 is 0 Å². The van der Waals surface area contributed by atoms with Crippen molar-refractivity contribution in [2.45, 2.75) is 45.1 Å². The first-order chi connectivity index (χ1) is 16.1. The Morgan fingerprint density at radius 3 is 2.64 bits per heavy atom. The number of benzene rings is 2. The van der Waals surface area contributed by atoms with Crippen molar-refractivity contribution >= 4 is 23.2 Å². The topological polar surface area (TPSA) is 91.9 Å². The molecular weight excluding hydrogens is 418 g/mol. The van der Waals surface area contributed by atoms with Crippen molar-refractivity contribution in [2.24, 2.45) is 5.10 Å². The fourth-order valence-corrected chi connectivity index (χ4v) is 4.42. The van der Waals surface area contributed by atoms with Crippen molar-refractivity contribution in [3.05, 3.63) is 66.0 Å². The Morgan fingerprint density at radius 2 is 1.91 bits per heavy atom. The van der Waals surface area contributed by atoms with Crippen LogP contribution in [0.1, 0.15) is 48.8 Å². The third kappa shape index (κ3) is 4.41. The van der Waals surface area contributed by atoms with Gasteiger partial charge in [-0.15, -0.1) is 0 Å². The zero-order valence-electron chi connectivity index (χ0n) is 18.5. The second kappa shape index (κ2) is 8.97. The van der Waals surface area contributed by atoms with Crippen molar-refractivity contribution in [1.82, 2.24) is 15.0 Å². The van der Waals surface area contributed by atoms with Crippen LogP contribution in [0.5, 0.6) is 0 Å².